The number of rotatable bonds is 6. The average Bonchev–Trinajstić information content (AvgIpc) is 2.55. The zero-order valence-corrected chi connectivity index (χ0v) is 13.7. The van der Waals surface area contributed by atoms with Crippen LogP contribution in [0.1, 0.15) is 49.0 Å². The van der Waals surface area contributed by atoms with Gasteiger partial charge in [-0.05, 0) is 37.0 Å². The molecule has 0 atom stereocenters. The van der Waals surface area contributed by atoms with Crippen molar-refractivity contribution in [2.24, 2.45) is 5.41 Å². The summed E-state index contributed by atoms with van der Waals surface area (Å²) < 4.78 is 14.2. The van der Waals surface area contributed by atoms with Crippen LogP contribution in [0.15, 0.2) is 12.1 Å². The quantitative estimate of drug-likeness (QED) is 0.743. The second kappa shape index (κ2) is 6.98. The molecule has 3 N–H and O–H groups in total. The van der Waals surface area contributed by atoms with E-state index < -0.39 is 23.1 Å². The number of carbonyl (C=O) groups is 3. The van der Waals surface area contributed by atoms with E-state index in [4.69, 9.17) is 0 Å². The molecule has 1 aliphatic rings. The summed E-state index contributed by atoms with van der Waals surface area (Å²) in [6, 6.07) is 2.55. The van der Waals surface area contributed by atoms with Crippen LogP contribution in [0.2, 0.25) is 0 Å². The van der Waals surface area contributed by atoms with E-state index in [0.717, 1.165) is 6.07 Å². The van der Waals surface area contributed by atoms with Gasteiger partial charge >= 0.3 is 5.97 Å². The van der Waals surface area contributed by atoms with Crippen LogP contribution >= 0.6 is 0 Å². The minimum absolute atomic E-state index is 0.0680. The minimum Gasteiger partial charge on any atom is -0.481 e. The Hall–Kier alpha value is -2.44. The van der Waals surface area contributed by atoms with E-state index in [-0.39, 0.29) is 24.4 Å². The van der Waals surface area contributed by atoms with E-state index in [1.165, 1.54) is 6.07 Å². The molecule has 2 rings (SSSR count). The summed E-state index contributed by atoms with van der Waals surface area (Å²) in [4.78, 5) is 35.1. The molecule has 0 aliphatic carbocycles. The third kappa shape index (κ3) is 3.39. The van der Waals surface area contributed by atoms with Gasteiger partial charge in [0.25, 0.3) is 5.91 Å². The number of aryl methyl sites for hydroxylation is 1. The van der Waals surface area contributed by atoms with Gasteiger partial charge in [0.1, 0.15) is 5.82 Å². The molecule has 24 heavy (non-hydrogen) atoms. The molecule has 0 fully saturated rings. The number of anilines is 1. The van der Waals surface area contributed by atoms with Gasteiger partial charge in [-0.15, -0.1) is 0 Å². The first-order valence-corrected chi connectivity index (χ1v) is 7.97. The smallest absolute Gasteiger partial charge is 0.311 e. The van der Waals surface area contributed by atoms with Crippen molar-refractivity contribution in [3.8, 4) is 0 Å². The van der Waals surface area contributed by atoms with Crippen LogP contribution in [-0.4, -0.2) is 29.4 Å². The van der Waals surface area contributed by atoms with E-state index in [2.05, 4.69) is 10.6 Å². The van der Waals surface area contributed by atoms with Gasteiger partial charge < -0.3 is 15.7 Å². The van der Waals surface area contributed by atoms with Crippen molar-refractivity contribution >= 4 is 23.5 Å². The molecule has 0 unspecified atom stereocenters. The first kappa shape index (κ1) is 17.9. The van der Waals surface area contributed by atoms with Gasteiger partial charge in [-0.3, -0.25) is 14.4 Å². The van der Waals surface area contributed by atoms with E-state index in [1.807, 2.05) is 0 Å². The zero-order chi connectivity index (χ0) is 17.9. The fraction of sp³-hybridized carbons (Fsp3) is 0.471. The zero-order valence-electron chi connectivity index (χ0n) is 13.7. The van der Waals surface area contributed by atoms with Crippen molar-refractivity contribution < 1.29 is 23.9 Å². The number of fused-ring (bicyclic) bond motifs is 1. The molecule has 1 heterocycles. The Kier molecular flexibility index (Phi) is 5.21. The van der Waals surface area contributed by atoms with Crippen molar-refractivity contribution in [2.75, 3.05) is 11.9 Å². The summed E-state index contributed by atoms with van der Waals surface area (Å²) in [7, 11) is 0. The molecule has 0 aromatic heterocycles. The van der Waals surface area contributed by atoms with Gasteiger partial charge in [0.15, 0.2) is 0 Å². The highest BCUT2D eigenvalue weighted by atomic mass is 19.1. The molecule has 1 aromatic carbocycles. The summed E-state index contributed by atoms with van der Waals surface area (Å²) in [6.07, 6.45) is 1.44. The van der Waals surface area contributed by atoms with Crippen molar-refractivity contribution in [2.45, 2.75) is 39.5 Å². The Morgan fingerprint density at radius 3 is 2.54 bits per heavy atom. The molecule has 0 spiro atoms. The second-order valence-electron chi connectivity index (χ2n) is 6.01. The second-order valence-corrected chi connectivity index (χ2v) is 6.01. The van der Waals surface area contributed by atoms with Gasteiger partial charge in [-0.25, -0.2) is 4.39 Å². The van der Waals surface area contributed by atoms with Crippen LogP contribution in [-0.2, 0) is 16.0 Å². The van der Waals surface area contributed by atoms with Crippen molar-refractivity contribution in [3.05, 3.63) is 29.1 Å². The van der Waals surface area contributed by atoms with Crippen LogP contribution in [0.5, 0.6) is 0 Å². The number of carbonyl (C=O) groups excluding carboxylic acids is 2. The number of hydrogen-bond donors (Lipinski definition) is 3. The van der Waals surface area contributed by atoms with E-state index in [0.29, 0.717) is 30.5 Å². The predicted octanol–water partition coefficient (Wildman–Crippen LogP) is 2.33. The molecule has 6 nitrogen and oxygen atoms in total. The molecule has 0 radical (unpaired) electrons. The standard InChI is InChI=1S/C17H21FN2O4/c1-3-17(4-2,16(23)24)9-19-15(22)11-7-10-5-6-14(21)20-13(10)8-12(11)18/h7-8H,3-6,9H2,1-2H3,(H,19,22)(H,20,21)(H,23,24). The van der Waals surface area contributed by atoms with Gasteiger partial charge in [0, 0.05) is 18.7 Å². The molecule has 1 aliphatic heterocycles. The maximum Gasteiger partial charge on any atom is 0.311 e. The number of halogens is 1. The Morgan fingerprint density at radius 2 is 1.96 bits per heavy atom. The first-order chi connectivity index (χ1) is 11.3. The van der Waals surface area contributed by atoms with Crippen molar-refractivity contribution in [1.82, 2.24) is 5.32 Å². The van der Waals surface area contributed by atoms with Gasteiger partial charge in [0.2, 0.25) is 5.91 Å². The van der Waals surface area contributed by atoms with Gasteiger partial charge in [0.05, 0.1) is 11.0 Å². The fourth-order valence-corrected chi connectivity index (χ4v) is 2.80. The normalized spacial score (nSPS) is 13.9. The lowest BCUT2D eigenvalue weighted by molar-refractivity contribution is -0.149. The molecule has 0 saturated carbocycles. The molecular weight excluding hydrogens is 315 g/mol. The topological polar surface area (TPSA) is 95.5 Å². The fourth-order valence-electron chi connectivity index (χ4n) is 2.80. The average molecular weight is 336 g/mol. The summed E-state index contributed by atoms with van der Waals surface area (Å²) in [5.74, 6) is -2.57. The number of aliphatic carboxylic acids is 1. The molecule has 2 amide bonds. The van der Waals surface area contributed by atoms with Crippen LogP contribution in [0.4, 0.5) is 10.1 Å². The lowest BCUT2D eigenvalue weighted by Gasteiger charge is -2.27. The highest BCUT2D eigenvalue weighted by Gasteiger charge is 2.35. The Labute approximate surface area is 139 Å². The van der Waals surface area contributed by atoms with Crippen LogP contribution in [0, 0.1) is 11.2 Å². The SMILES string of the molecule is CCC(CC)(CNC(=O)c1cc2c(cc1F)NC(=O)CC2)C(=O)O. The Balaban J connectivity index is 2.18. The Morgan fingerprint density at radius 1 is 1.29 bits per heavy atom. The lowest BCUT2D eigenvalue weighted by atomic mass is 9.82. The summed E-state index contributed by atoms with van der Waals surface area (Å²) >= 11 is 0. The Bertz CT molecular complexity index is 683. The highest BCUT2D eigenvalue weighted by molar-refractivity contribution is 5.98. The van der Waals surface area contributed by atoms with Gasteiger partial charge in [-0.1, -0.05) is 13.8 Å². The monoisotopic (exact) mass is 336 g/mol. The van der Waals surface area contributed by atoms with Crippen molar-refractivity contribution in [3.63, 3.8) is 0 Å². The van der Waals surface area contributed by atoms with Crippen LogP contribution < -0.4 is 10.6 Å². The third-order valence-corrected chi connectivity index (χ3v) is 4.73. The number of nitrogens with one attached hydrogen (secondary N) is 2. The predicted molar refractivity (Wildman–Crippen MR) is 86.3 cm³/mol. The third-order valence-electron chi connectivity index (χ3n) is 4.73. The van der Waals surface area contributed by atoms with E-state index >= 15 is 0 Å². The summed E-state index contributed by atoms with van der Waals surface area (Å²) in [5.41, 5.74) is -0.135. The number of benzene rings is 1. The van der Waals surface area contributed by atoms with Crippen LogP contribution in [0.3, 0.4) is 0 Å². The summed E-state index contributed by atoms with van der Waals surface area (Å²) in [5, 5.41) is 14.5. The molecule has 0 saturated heterocycles. The maximum absolute atomic E-state index is 14.2. The number of hydrogen-bond acceptors (Lipinski definition) is 3. The largest absolute Gasteiger partial charge is 0.481 e. The number of carboxylic acids is 1. The van der Waals surface area contributed by atoms with Gasteiger partial charge in [-0.2, -0.15) is 0 Å². The molecule has 130 valence electrons. The molecule has 7 heteroatoms. The number of carboxylic acid groups (broad SMARTS) is 1. The summed E-state index contributed by atoms with van der Waals surface area (Å²) in [6.45, 7) is 3.42. The van der Waals surface area contributed by atoms with Crippen molar-refractivity contribution in [1.29, 1.82) is 0 Å². The molecular formula is C17H21FN2O4. The minimum atomic E-state index is -1.06. The maximum atomic E-state index is 14.2. The molecule has 1 aromatic rings. The highest BCUT2D eigenvalue weighted by Crippen LogP contribution is 2.28. The van der Waals surface area contributed by atoms with Crippen LogP contribution in [0.25, 0.3) is 0 Å². The lowest BCUT2D eigenvalue weighted by Crippen LogP contribution is -2.42. The van der Waals surface area contributed by atoms with E-state index in [9.17, 15) is 23.9 Å². The number of amides is 2. The first-order valence-electron chi connectivity index (χ1n) is 7.97. The van der Waals surface area contributed by atoms with E-state index in [1.54, 1.807) is 13.8 Å². The molecule has 0 bridgehead atoms.